The molecule has 0 fully saturated rings. The molecule has 0 radical (unpaired) electrons. The van der Waals surface area contributed by atoms with Gasteiger partial charge in [-0.15, -0.1) is 0 Å². The minimum atomic E-state index is -1.70. The van der Waals surface area contributed by atoms with Crippen LogP contribution in [-0.2, 0) is 33.6 Å². The maximum Gasteiger partial charge on any atom is 0.326 e. The van der Waals surface area contributed by atoms with Gasteiger partial charge in [0.05, 0.1) is 18.9 Å². The predicted molar refractivity (Wildman–Crippen MR) is 126 cm³/mol. The number of carbonyl (C=O) groups excluding carboxylic acids is 5. The second-order valence-corrected chi connectivity index (χ2v) is 7.85. The van der Waals surface area contributed by atoms with Gasteiger partial charge < -0.3 is 54.8 Å². The highest BCUT2D eigenvalue weighted by atomic mass is 16.4. The van der Waals surface area contributed by atoms with Gasteiger partial charge in [-0.3, -0.25) is 33.8 Å². The standard InChI is InChI=1S/C19H33N9O9/c20-8(3-4-14(31)32)15(33)27-10(6-12(21)29)17(35)26-9(2-1-5-25-19(23)24)16(34)28-11(18(36)37)7-13(22)30/h8-11H,1-7,20H2,(H2,21,29)(H2,22,30)(H,26,35)(H,27,33)(H,28,34)(H,31,32)(H,36,37)(H4,23,24,25). The summed E-state index contributed by atoms with van der Waals surface area (Å²) < 4.78 is 0. The van der Waals surface area contributed by atoms with Gasteiger partial charge in [0, 0.05) is 13.0 Å². The zero-order valence-electron chi connectivity index (χ0n) is 19.8. The van der Waals surface area contributed by atoms with E-state index in [4.69, 9.17) is 33.8 Å². The number of nitrogens with zero attached hydrogens (tertiary/aromatic N) is 1. The van der Waals surface area contributed by atoms with E-state index >= 15 is 0 Å². The van der Waals surface area contributed by atoms with E-state index in [1.54, 1.807) is 0 Å². The maximum absolute atomic E-state index is 12.8. The Morgan fingerprint density at radius 1 is 0.703 bits per heavy atom. The van der Waals surface area contributed by atoms with Crippen molar-refractivity contribution in [3.05, 3.63) is 0 Å². The second-order valence-electron chi connectivity index (χ2n) is 7.85. The Morgan fingerprint density at radius 2 is 1.19 bits per heavy atom. The van der Waals surface area contributed by atoms with Crippen molar-refractivity contribution in [1.29, 1.82) is 0 Å². The minimum Gasteiger partial charge on any atom is -0.481 e. The molecule has 0 aliphatic heterocycles. The molecule has 208 valence electrons. The van der Waals surface area contributed by atoms with Gasteiger partial charge in [-0.05, 0) is 19.3 Å². The van der Waals surface area contributed by atoms with Crippen LogP contribution in [0, 0.1) is 0 Å². The average Bonchev–Trinajstić information content (AvgIpc) is 2.77. The Hall–Kier alpha value is -4.48. The summed E-state index contributed by atoms with van der Waals surface area (Å²) in [4.78, 5) is 86.2. The number of nitrogens with one attached hydrogen (secondary N) is 3. The van der Waals surface area contributed by atoms with Gasteiger partial charge >= 0.3 is 11.9 Å². The molecule has 0 aromatic heterocycles. The van der Waals surface area contributed by atoms with Crippen LogP contribution in [0.1, 0.15) is 38.5 Å². The van der Waals surface area contributed by atoms with Crippen LogP contribution in [0.4, 0.5) is 0 Å². The highest BCUT2D eigenvalue weighted by Gasteiger charge is 2.31. The quantitative estimate of drug-likeness (QED) is 0.0449. The fourth-order valence-corrected chi connectivity index (χ4v) is 2.82. The third-order valence-electron chi connectivity index (χ3n) is 4.64. The molecule has 4 unspecified atom stereocenters. The highest BCUT2D eigenvalue weighted by Crippen LogP contribution is 2.04. The molecule has 0 aliphatic carbocycles. The van der Waals surface area contributed by atoms with Gasteiger partial charge in [-0.25, -0.2) is 4.79 Å². The lowest BCUT2D eigenvalue weighted by molar-refractivity contribution is -0.144. The number of carboxylic acid groups (broad SMARTS) is 2. The second kappa shape index (κ2) is 16.2. The predicted octanol–water partition coefficient (Wildman–Crippen LogP) is -5.48. The lowest BCUT2D eigenvalue weighted by atomic mass is 10.1. The van der Waals surface area contributed by atoms with Crippen molar-refractivity contribution in [2.75, 3.05) is 6.54 Å². The molecule has 18 nitrogen and oxygen atoms in total. The van der Waals surface area contributed by atoms with Crippen LogP contribution in [0.25, 0.3) is 0 Å². The molecule has 0 saturated heterocycles. The van der Waals surface area contributed by atoms with Gasteiger partial charge in [0.25, 0.3) is 0 Å². The monoisotopic (exact) mass is 531 g/mol. The van der Waals surface area contributed by atoms with Crippen molar-refractivity contribution in [2.45, 2.75) is 62.7 Å². The number of hydrogen-bond donors (Lipinski definition) is 10. The fraction of sp³-hybridized carbons (Fsp3) is 0.579. The van der Waals surface area contributed by atoms with E-state index in [9.17, 15) is 38.7 Å². The Labute approximate surface area is 210 Å². The Kier molecular flexibility index (Phi) is 14.3. The number of nitrogens with two attached hydrogens (primary N) is 5. The molecule has 0 aromatic rings. The molecule has 4 atom stereocenters. The van der Waals surface area contributed by atoms with E-state index in [-0.39, 0.29) is 31.8 Å². The minimum absolute atomic E-state index is 0.0332. The molecular weight excluding hydrogens is 498 g/mol. The van der Waals surface area contributed by atoms with Gasteiger partial charge in [0.1, 0.15) is 18.1 Å². The first-order chi connectivity index (χ1) is 17.1. The van der Waals surface area contributed by atoms with Crippen molar-refractivity contribution < 1.29 is 43.8 Å². The summed E-state index contributed by atoms with van der Waals surface area (Å²) >= 11 is 0. The average molecular weight is 532 g/mol. The molecule has 5 amide bonds. The van der Waals surface area contributed by atoms with Gasteiger partial charge in [-0.1, -0.05) is 0 Å². The molecule has 0 aliphatic rings. The third-order valence-corrected chi connectivity index (χ3v) is 4.64. The first-order valence-electron chi connectivity index (χ1n) is 10.9. The number of aliphatic carboxylic acids is 2. The zero-order chi connectivity index (χ0) is 28.7. The van der Waals surface area contributed by atoms with Crippen molar-refractivity contribution in [3.63, 3.8) is 0 Å². The number of guanidine groups is 1. The van der Waals surface area contributed by atoms with E-state index in [1.165, 1.54) is 0 Å². The van der Waals surface area contributed by atoms with E-state index in [0.29, 0.717) is 0 Å². The summed E-state index contributed by atoms with van der Waals surface area (Å²) in [6, 6.07) is -6.06. The van der Waals surface area contributed by atoms with Crippen molar-refractivity contribution in [3.8, 4) is 0 Å². The van der Waals surface area contributed by atoms with Crippen molar-refractivity contribution >= 4 is 47.4 Å². The number of primary amides is 2. The summed E-state index contributed by atoms with van der Waals surface area (Å²) in [6.07, 6.45) is -2.15. The third kappa shape index (κ3) is 14.5. The Balaban J connectivity index is 5.66. The van der Waals surface area contributed by atoms with Crippen LogP contribution >= 0.6 is 0 Å². The van der Waals surface area contributed by atoms with Crippen LogP contribution in [-0.4, -0.2) is 88.4 Å². The lowest BCUT2D eigenvalue weighted by Gasteiger charge is -2.24. The number of rotatable bonds is 18. The van der Waals surface area contributed by atoms with Gasteiger partial charge in [0.2, 0.25) is 29.5 Å². The van der Waals surface area contributed by atoms with E-state index < -0.39 is 84.9 Å². The summed E-state index contributed by atoms with van der Waals surface area (Å²) in [5, 5.41) is 24.5. The van der Waals surface area contributed by atoms with E-state index in [2.05, 4.69) is 20.9 Å². The van der Waals surface area contributed by atoms with Gasteiger partial charge in [-0.2, -0.15) is 0 Å². The Bertz CT molecular complexity index is 905. The number of amides is 5. The molecule has 15 N–H and O–H groups in total. The number of hydrogen-bond acceptors (Lipinski definition) is 9. The van der Waals surface area contributed by atoms with Crippen LogP contribution in [0.3, 0.4) is 0 Å². The van der Waals surface area contributed by atoms with Gasteiger partial charge in [0.15, 0.2) is 5.96 Å². The SMILES string of the molecule is NC(=O)CC(NC(=O)C(CCCN=C(N)N)NC(=O)C(CC(N)=O)NC(=O)C(N)CCC(=O)O)C(=O)O. The smallest absolute Gasteiger partial charge is 0.326 e. The van der Waals surface area contributed by atoms with E-state index in [1.807, 2.05) is 0 Å². The topological polar surface area (TPSA) is 338 Å². The molecule has 37 heavy (non-hydrogen) atoms. The molecule has 0 bridgehead atoms. The van der Waals surface area contributed by atoms with Crippen LogP contribution < -0.4 is 44.6 Å². The maximum atomic E-state index is 12.8. The van der Waals surface area contributed by atoms with Crippen LogP contribution in [0.5, 0.6) is 0 Å². The largest absolute Gasteiger partial charge is 0.481 e. The van der Waals surface area contributed by atoms with Crippen molar-refractivity contribution in [1.82, 2.24) is 16.0 Å². The first kappa shape index (κ1) is 32.5. The van der Waals surface area contributed by atoms with E-state index in [0.717, 1.165) is 0 Å². The van der Waals surface area contributed by atoms with Crippen LogP contribution in [0.2, 0.25) is 0 Å². The van der Waals surface area contributed by atoms with Crippen LogP contribution in [0.15, 0.2) is 4.99 Å². The number of carbonyl (C=O) groups is 7. The first-order valence-corrected chi connectivity index (χ1v) is 10.9. The number of aliphatic imine (C=N–C) groups is 1. The summed E-state index contributed by atoms with van der Waals surface area (Å²) in [6.45, 7) is 0.0332. The fourth-order valence-electron chi connectivity index (χ4n) is 2.82. The summed E-state index contributed by atoms with van der Waals surface area (Å²) in [5.41, 5.74) is 26.2. The molecule has 0 rings (SSSR count). The molecule has 18 heteroatoms. The molecule has 0 saturated carbocycles. The number of carboxylic acids is 2. The molecule has 0 aromatic carbocycles. The molecule has 0 heterocycles. The highest BCUT2D eigenvalue weighted by molar-refractivity contribution is 5.96. The Morgan fingerprint density at radius 3 is 1.68 bits per heavy atom. The molecule has 0 spiro atoms. The molecular formula is C19H33N9O9. The normalized spacial score (nSPS) is 13.6. The van der Waals surface area contributed by atoms with Crippen molar-refractivity contribution in [2.24, 2.45) is 33.7 Å². The summed E-state index contributed by atoms with van der Waals surface area (Å²) in [5.74, 6) is -8.04. The zero-order valence-corrected chi connectivity index (χ0v) is 19.8. The summed E-state index contributed by atoms with van der Waals surface area (Å²) in [7, 11) is 0. The lowest BCUT2D eigenvalue weighted by Crippen LogP contribution is -2.58.